The van der Waals surface area contributed by atoms with E-state index < -0.39 is 0 Å². The van der Waals surface area contributed by atoms with Gasteiger partial charge in [0.2, 0.25) is 0 Å². The van der Waals surface area contributed by atoms with Gasteiger partial charge in [0.1, 0.15) is 0 Å². The molecule has 0 fully saturated rings. The molecule has 0 rings (SSSR count). The van der Waals surface area contributed by atoms with Crippen molar-refractivity contribution in [3.05, 3.63) is 25.3 Å². The minimum absolute atomic E-state index is 1.18. The second-order valence-electron chi connectivity index (χ2n) is 3.57. The van der Waals surface area contributed by atoms with Crippen LogP contribution in [0.2, 0.25) is 0 Å². The van der Waals surface area contributed by atoms with E-state index in [0.717, 1.165) is 0 Å². The zero-order valence-corrected chi connectivity index (χ0v) is 10.2. The molecule has 0 heterocycles. The lowest BCUT2D eigenvalue weighted by Gasteiger charge is -1.91. The molecule has 0 radical (unpaired) electrons. The Bertz CT molecular complexity index is 103. The first-order valence-corrected chi connectivity index (χ1v) is 6.05. The third kappa shape index (κ3) is 22.5. The summed E-state index contributed by atoms with van der Waals surface area (Å²) in [5.74, 6) is 0. The molecule has 14 heavy (non-hydrogen) atoms. The van der Waals surface area contributed by atoms with Crippen LogP contribution in [0.1, 0.15) is 65.2 Å². The number of hydrogen-bond acceptors (Lipinski definition) is 0. The van der Waals surface area contributed by atoms with Crippen molar-refractivity contribution in [3.8, 4) is 0 Å². The lowest BCUT2D eigenvalue weighted by Crippen LogP contribution is -1.71. The highest BCUT2D eigenvalue weighted by Gasteiger charge is 1.81. The predicted molar refractivity (Wildman–Crippen MR) is 68.7 cm³/mol. The van der Waals surface area contributed by atoms with Gasteiger partial charge in [0.15, 0.2) is 0 Å². The monoisotopic (exact) mass is 196 g/mol. The van der Waals surface area contributed by atoms with Crippen LogP contribution in [0.4, 0.5) is 0 Å². The standard InChI is InChI=1S/C8H16.C6H12/c1-3-5-7-8-6-4-2;1-3-5-6-4-2/h3H,1,4-8H2,2H3;3H,1,4-6H2,2H3. The molecule has 0 amide bonds. The summed E-state index contributed by atoms with van der Waals surface area (Å²) in [6.45, 7) is 11.7. The first kappa shape index (κ1) is 15.9. The summed E-state index contributed by atoms with van der Waals surface area (Å²) >= 11 is 0. The highest BCUT2D eigenvalue weighted by atomic mass is 13.9. The Morgan fingerprint density at radius 2 is 1.21 bits per heavy atom. The topological polar surface area (TPSA) is 0 Å². The predicted octanol–water partition coefficient (Wildman–Crippen LogP) is 5.51. The number of allylic oxidation sites excluding steroid dienone is 2. The number of unbranched alkanes of at least 4 members (excludes halogenated alkanes) is 6. The van der Waals surface area contributed by atoms with Crippen LogP contribution in [0.3, 0.4) is 0 Å². The molecule has 0 aromatic rings. The molecule has 0 aliphatic heterocycles. The molecule has 0 atom stereocenters. The molecule has 0 aromatic heterocycles. The minimum atomic E-state index is 1.18. The van der Waals surface area contributed by atoms with Crippen LogP contribution in [0.25, 0.3) is 0 Å². The molecule has 0 aromatic carbocycles. The molecule has 0 heteroatoms. The van der Waals surface area contributed by atoms with Crippen LogP contribution in [-0.4, -0.2) is 0 Å². The minimum Gasteiger partial charge on any atom is -0.103 e. The van der Waals surface area contributed by atoms with Crippen molar-refractivity contribution >= 4 is 0 Å². The molecular formula is C14H28. The van der Waals surface area contributed by atoms with Crippen molar-refractivity contribution in [3.63, 3.8) is 0 Å². The van der Waals surface area contributed by atoms with Gasteiger partial charge in [-0.3, -0.25) is 0 Å². The van der Waals surface area contributed by atoms with Crippen molar-refractivity contribution in [2.75, 3.05) is 0 Å². The summed E-state index contributed by atoms with van der Waals surface area (Å²) in [4.78, 5) is 0. The highest BCUT2D eigenvalue weighted by molar-refractivity contribution is 4.65. The largest absolute Gasteiger partial charge is 0.103 e. The van der Waals surface area contributed by atoms with Crippen LogP contribution in [0.5, 0.6) is 0 Å². The molecule has 0 unspecified atom stereocenters. The summed E-state index contributed by atoms with van der Waals surface area (Å²) in [5.41, 5.74) is 0. The fourth-order valence-corrected chi connectivity index (χ4v) is 1.06. The average Bonchev–Trinajstić information content (AvgIpc) is 2.22. The van der Waals surface area contributed by atoms with Crippen molar-refractivity contribution in [1.82, 2.24) is 0 Å². The average molecular weight is 196 g/mol. The summed E-state index contributed by atoms with van der Waals surface area (Å²) in [6.07, 6.45) is 14.3. The van der Waals surface area contributed by atoms with E-state index in [2.05, 4.69) is 27.0 Å². The van der Waals surface area contributed by atoms with Gasteiger partial charge in [-0.2, -0.15) is 0 Å². The smallest absolute Gasteiger partial charge is 0.0353 e. The van der Waals surface area contributed by atoms with Gasteiger partial charge < -0.3 is 0 Å². The van der Waals surface area contributed by atoms with E-state index in [1.165, 1.54) is 51.4 Å². The third-order valence-corrected chi connectivity index (χ3v) is 2.02. The van der Waals surface area contributed by atoms with Crippen molar-refractivity contribution in [2.45, 2.75) is 65.2 Å². The zero-order chi connectivity index (χ0) is 11.1. The van der Waals surface area contributed by atoms with Gasteiger partial charge >= 0.3 is 0 Å². The zero-order valence-electron chi connectivity index (χ0n) is 10.2. The van der Waals surface area contributed by atoms with Crippen molar-refractivity contribution < 1.29 is 0 Å². The first-order valence-electron chi connectivity index (χ1n) is 6.05. The van der Waals surface area contributed by atoms with Crippen molar-refractivity contribution in [2.24, 2.45) is 0 Å². The van der Waals surface area contributed by atoms with E-state index in [0.29, 0.717) is 0 Å². The van der Waals surface area contributed by atoms with Gasteiger partial charge in [-0.15, -0.1) is 13.2 Å². The Kier molecular flexibility index (Phi) is 20.8. The maximum absolute atomic E-state index is 3.66. The molecule has 0 nitrogen and oxygen atoms in total. The van der Waals surface area contributed by atoms with Gasteiger partial charge in [0, 0.05) is 0 Å². The SMILES string of the molecule is C=CCCCC.C=CCCCCCC. The summed E-state index contributed by atoms with van der Waals surface area (Å²) in [5, 5.41) is 0. The van der Waals surface area contributed by atoms with Crippen LogP contribution >= 0.6 is 0 Å². The summed E-state index contributed by atoms with van der Waals surface area (Å²) in [6, 6.07) is 0. The molecule has 0 aliphatic carbocycles. The first-order chi connectivity index (χ1) is 6.83. The fraction of sp³-hybridized carbons (Fsp3) is 0.714. The van der Waals surface area contributed by atoms with Gasteiger partial charge in [-0.05, 0) is 19.3 Å². The molecule has 0 spiro atoms. The molecule has 0 saturated carbocycles. The van der Waals surface area contributed by atoms with E-state index in [1.54, 1.807) is 0 Å². The van der Waals surface area contributed by atoms with Gasteiger partial charge in [0.05, 0.1) is 0 Å². The number of rotatable bonds is 8. The second-order valence-corrected chi connectivity index (χ2v) is 3.57. The van der Waals surface area contributed by atoms with Gasteiger partial charge in [-0.1, -0.05) is 58.1 Å². The normalized spacial score (nSPS) is 8.71. The Balaban J connectivity index is 0. The molecule has 0 bridgehead atoms. The third-order valence-electron chi connectivity index (χ3n) is 2.02. The Hall–Kier alpha value is -0.520. The highest BCUT2D eigenvalue weighted by Crippen LogP contribution is 2.01. The molecule has 84 valence electrons. The Labute approximate surface area is 91.1 Å². The quantitative estimate of drug-likeness (QED) is 0.355. The van der Waals surface area contributed by atoms with Crippen LogP contribution < -0.4 is 0 Å². The molecular weight excluding hydrogens is 168 g/mol. The lowest BCUT2D eigenvalue weighted by molar-refractivity contribution is 0.675. The molecule has 0 N–H and O–H groups in total. The van der Waals surface area contributed by atoms with Crippen LogP contribution in [0, 0.1) is 0 Å². The summed E-state index contributed by atoms with van der Waals surface area (Å²) in [7, 11) is 0. The van der Waals surface area contributed by atoms with Crippen LogP contribution in [-0.2, 0) is 0 Å². The second kappa shape index (κ2) is 18.3. The lowest BCUT2D eigenvalue weighted by atomic mass is 10.2. The number of hydrogen-bond donors (Lipinski definition) is 0. The van der Waals surface area contributed by atoms with Crippen LogP contribution in [0.15, 0.2) is 25.3 Å². The fourth-order valence-electron chi connectivity index (χ4n) is 1.06. The van der Waals surface area contributed by atoms with E-state index in [9.17, 15) is 0 Å². The van der Waals surface area contributed by atoms with Gasteiger partial charge in [0.25, 0.3) is 0 Å². The maximum atomic E-state index is 3.66. The Morgan fingerprint density at radius 1 is 0.714 bits per heavy atom. The van der Waals surface area contributed by atoms with Gasteiger partial charge in [-0.25, -0.2) is 0 Å². The Morgan fingerprint density at radius 3 is 1.57 bits per heavy atom. The maximum Gasteiger partial charge on any atom is -0.0353 e. The van der Waals surface area contributed by atoms with Crippen molar-refractivity contribution in [1.29, 1.82) is 0 Å². The van der Waals surface area contributed by atoms with E-state index in [4.69, 9.17) is 0 Å². The summed E-state index contributed by atoms with van der Waals surface area (Å²) < 4.78 is 0. The van der Waals surface area contributed by atoms with E-state index in [-0.39, 0.29) is 0 Å². The molecule has 0 aliphatic rings. The molecule has 0 saturated heterocycles. The van der Waals surface area contributed by atoms with E-state index in [1.807, 2.05) is 12.2 Å². The van der Waals surface area contributed by atoms with E-state index >= 15 is 0 Å².